The number of fused-ring (bicyclic) bond motifs is 1. The van der Waals surface area contributed by atoms with E-state index in [4.69, 9.17) is 4.98 Å². The minimum atomic E-state index is 0.132. The third-order valence-electron chi connectivity index (χ3n) is 5.95. The normalized spacial score (nSPS) is 23.8. The number of rotatable bonds is 2. The third kappa shape index (κ3) is 3.26. The molecule has 25 heavy (non-hydrogen) atoms. The number of piperidine rings is 1. The zero-order valence-electron chi connectivity index (χ0n) is 14.9. The summed E-state index contributed by atoms with van der Waals surface area (Å²) in [6.07, 6.45) is 8.05. The molecule has 6 nitrogen and oxygen atoms in total. The largest absolute Gasteiger partial charge is 0.342 e. The summed E-state index contributed by atoms with van der Waals surface area (Å²) >= 11 is 0. The summed E-state index contributed by atoms with van der Waals surface area (Å²) in [6, 6.07) is 0. The number of carbonyl (C=O) groups is 2. The summed E-state index contributed by atoms with van der Waals surface area (Å²) in [6.45, 7) is 4.61. The monoisotopic (exact) mass is 342 g/mol. The molecule has 4 rings (SSSR count). The zero-order valence-corrected chi connectivity index (χ0v) is 14.9. The lowest BCUT2D eigenvalue weighted by molar-refractivity contribution is -0.139. The van der Waals surface area contributed by atoms with E-state index in [1.54, 1.807) is 6.92 Å². The predicted octanol–water partition coefficient (Wildman–Crippen LogP) is 1.89. The first-order valence-electron chi connectivity index (χ1n) is 9.51. The average Bonchev–Trinajstić information content (AvgIpc) is 2.59. The van der Waals surface area contributed by atoms with E-state index in [1.165, 1.54) is 6.42 Å². The summed E-state index contributed by atoms with van der Waals surface area (Å²) in [5.41, 5.74) is 2.17. The molecule has 134 valence electrons. The number of hydrogen-bond acceptors (Lipinski definition) is 4. The molecule has 2 fully saturated rings. The molecule has 1 aliphatic carbocycles. The molecule has 0 bridgehead atoms. The SMILES string of the molecule is CC(=O)N1CCCC(c2ncc3c(n2)CCN(C(=O)C2CCC2)C3)C1. The van der Waals surface area contributed by atoms with E-state index in [1.807, 2.05) is 16.0 Å². The van der Waals surface area contributed by atoms with Crippen molar-refractivity contribution < 1.29 is 9.59 Å². The number of amides is 2. The molecular formula is C19H26N4O2. The number of likely N-dealkylation sites (tertiary alicyclic amines) is 1. The molecule has 1 atom stereocenters. The molecule has 0 N–H and O–H groups in total. The average molecular weight is 342 g/mol. The van der Waals surface area contributed by atoms with Crippen molar-refractivity contribution in [1.82, 2.24) is 19.8 Å². The van der Waals surface area contributed by atoms with Crippen LogP contribution in [0.4, 0.5) is 0 Å². The minimum absolute atomic E-state index is 0.132. The van der Waals surface area contributed by atoms with Crippen molar-refractivity contribution in [2.45, 2.75) is 57.9 Å². The molecule has 1 aromatic rings. The predicted molar refractivity (Wildman–Crippen MR) is 92.7 cm³/mol. The van der Waals surface area contributed by atoms with E-state index in [-0.39, 0.29) is 17.7 Å². The first kappa shape index (κ1) is 16.5. The summed E-state index contributed by atoms with van der Waals surface area (Å²) < 4.78 is 0. The first-order chi connectivity index (χ1) is 12.1. The second-order valence-electron chi connectivity index (χ2n) is 7.64. The Hall–Kier alpha value is -1.98. The van der Waals surface area contributed by atoms with Crippen LogP contribution in [0.25, 0.3) is 0 Å². The quantitative estimate of drug-likeness (QED) is 0.823. The van der Waals surface area contributed by atoms with Gasteiger partial charge in [-0.15, -0.1) is 0 Å². The van der Waals surface area contributed by atoms with Crippen molar-refractivity contribution in [3.63, 3.8) is 0 Å². The van der Waals surface area contributed by atoms with Crippen molar-refractivity contribution in [1.29, 1.82) is 0 Å². The van der Waals surface area contributed by atoms with Gasteiger partial charge in [0, 0.05) is 63.1 Å². The Morgan fingerprint density at radius 1 is 1.12 bits per heavy atom. The molecule has 0 radical (unpaired) electrons. The third-order valence-corrected chi connectivity index (χ3v) is 5.95. The molecule has 1 unspecified atom stereocenters. The van der Waals surface area contributed by atoms with Gasteiger partial charge in [-0.05, 0) is 25.7 Å². The van der Waals surface area contributed by atoms with Gasteiger partial charge in [-0.1, -0.05) is 6.42 Å². The molecule has 3 heterocycles. The van der Waals surface area contributed by atoms with Gasteiger partial charge in [0.05, 0.1) is 5.69 Å². The van der Waals surface area contributed by atoms with Crippen LogP contribution in [0.2, 0.25) is 0 Å². The Balaban J connectivity index is 1.46. The van der Waals surface area contributed by atoms with Gasteiger partial charge in [-0.25, -0.2) is 9.97 Å². The van der Waals surface area contributed by atoms with Crippen LogP contribution in [0.3, 0.4) is 0 Å². The first-order valence-corrected chi connectivity index (χ1v) is 9.51. The Bertz CT molecular complexity index is 686. The molecule has 6 heteroatoms. The summed E-state index contributed by atoms with van der Waals surface area (Å²) in [4.78, 5) is 37.4. The molecule has 1 saturated heterocycles. The maximum absolute atomic E-state index is 12.5. The maximum atomic E-state index is 12.5. The van der Waals surface area contributed by atoms with Gasteiger partial charge in [0.1, 0.15) is 5.82 Å². The molecular weight excluding hydrogens is 316 g/mol. The van der Waals surface area contributed by atoms with Gasteiger partial charge >= 0.3 is 0 Å². The van der Waals surface area contributed by atoms with Gasteiger partial charge in [0.2, 0.25) is 11.8 Å². The zero-order chi connectivity index (χ0) is 17.4. The number of nitrogens with zero attached hydrogens (tertiary/aromatic N) is 4. The lowest BCUT2D eigenvalue weighted by Crippen LogP contribution is -2.42. The van der Waals surface area contributed by atoms with Gasteiger partial charge in [0.15, 0.2) is 0 Å². The van der Waals surface area contributed by atoms with Crippen molar-refractivity contribution in [2.24, 2.45) is 5.92 Å². The van der Waals surface area contributed by atoms with Crippen molar-refractivity contribution in [2.75, 3.05) is 19.6 Å². The lowest BCUT2D eigenvalue weighted by atomic mass is 9.84. The van der Waals surface area contributed by atoms with Crippen molar-refractivity contribution >= 4 is 11.8 Å². The fourth-order valence-electron chi connectivity index (χ4n) is 4.10. The Morgan fingerprint density at radius 3 is 2.68 bits per heavy atom. The Morgan fingerprint density at radius 2 is 1.96 bits per heavy atom. The molecule has 2 aliphatic heterocycles. The molecule has 1 saturated carbocycles. The molecule has 0 spiro atoms. The maximum Gasteiger partial charge on any atom is 0.225 e. The summed E-state index contributed by atoms with van der Waals surface area (Å²) in [7, 11) is 0. The highest BCUT2D eigenvalue weighted by atomic mass is 16.2. The Kier molecular flexibility index (Phi) is 4.44. The van der Waals surface area contributed by atoms with Crippen molar-refractivity contribution in [3.05, 3.63) is 23.3 Å². The summed E-state index contributed by atoms with van der Waals surface area (Å²) in [5.74, 6) is 1.79. The fraction of sp³-hybridized carbons (Fsp3) is 0.684. The number of aromatic nitrogens is 2. The highest BCUT2D eigenvalue weighted by Gasteiger charge is 2.32. The van der Waals surface area contributed by atoms with Crippen LogP contribution in [0.1, 0.15) is 62.0 Å². The van der Waals surface area contributed by atoms with Crippen LogP contribution < -0.4 is 0 Å². The Labute approximate surface area is 148 Å². The van der Waals surface area contributed by atoms with Gasteiger partial charge < -0.3 is 9.80 Å². The van der Waals surface area contributed by atoms with E-state index < -0.39 is 0 Å². The van der Waals surface area contributed by atoms with Crippen LogP contribution >= 0.6 is 0 Å². The molecule has 2 amide bonds. The molecule has 1 aromatic heterocycles. The van der Waals surface area contributed by atoms with E-state index in [9.17, 15) is 9.59 Å². The second-order valence-corrected chi connectivity index (χ2v) is 7.64. The van der Waals surface area contributed by atoms with E-state index >= 15 is 0 Å². The lowest BCUT2D eigenvalue weighted by Gasteiger charge is -2.35. The van der Waals surface area contributed by atoms with Crippen LogP contribution in [-0.2, 0) is 22.6 Å². The molecule has 3 aliphatic rings. The number of hydrogen-bond donors (Lipinski definition) is 0. The topological polar surface area (TPSA) is 66.4 Å². The van der Waals surface area contributed by atoms with Crippen LogP contribution in [-0.4, -0.2) is 51.2 Å². The standard InChI is InChI=1S/C19H26N4O2/c1-13(24)22-8-3-6-15(11-22)18-20-10-16-12-23(9-7-17(16)21-18)19(25)14-4-2-5-14/h10,14-15H,2-9,11-12H2,1H3. The van der Waals surface area contributed by atoms with E-state index in [2.05, 4.69) is 4.98 Å². The van der Waals surface area contributed by atoms with E-state index in [0.717, 1.165) is 68.8 Å². The fourth-order valence-corrected chi connectivity index (χ4v) is 4.10. The van der Waals surface area contributed by atoms with Crippen molar-refractivity contribution in [3.8, 4) is 0 Å². The minimum Gasteiger partial charge on any atom is -0.342 e. The highest BCUT2D eigenvalue weighted by molar-refractivity contribution is 5.79. The van der Waals surface area contributed by atoms with Gasteiger partial charge in [0.25, 0.3) is 0 Å². The van der Waals surface area contributed by atoms with Gasteiger partial charge in [-0.3, -0.25) is 9.59 Å². The van der Waals surface area contributed by atoms with Crippen LogP contribution in [0.5, 0.6) is 0 Å². The number of carbonyl (C=O) groups excluding carboxylic acids is 2. The second kappa shape index (κ2) is 6.73. The smallest absolute Gasteiger partial charge is 0.225 e. The van der Waals surface area contributed by atoms with E-state index in [0.29, 0.717) is 12.5 Å². The van der Waals surface area contributed by atoms with Crippen LogP contribution in [0, 0.1) is 5.92 Å². The highest BCUT2D eigenvalue weighted by Crippen LogP contribution is 2.31. The van der Waals surface area contributed by atoms with Crippen LogP contribution in [0.15, 0.2) is 6.20 Å². The van der Waals surface area contributed by atoms with Gasteiger partial charge in [-0.2, -0.15) is 0 Å². The summed E-state index contributed by atoms with van der Waals surface area (Å²) in [5, 5.41) is 0. The molecule has 0 aromatic carbocycles.